The van der Waals surface area contributed by atoms with E-state index in [-0.39, 0.29) is 18.3 Å². The van der Waals surface area contributed by atoms with Crippen molar-refractivity contribution in [2.75, 3.05) is 17.2 Å². The number of halogens is 2. The summed E-state index contributed by atoms with van der Waals surface area (Å²) < 4.78 is 13.3. The number of amides is 1. The highest BCUT2D eigenvalue weighted by atomic mass is 35.5. The van der Waals surface area contributed by atoms with Crippen molar-refractivity contribution in [3.63, 3.8) is 0 Å². The molecule has 0 aliphatic heterocycles. The van der Waals surface area contributed by atoms with Gasteiger partial charge in [0.1, 0.15) is 5.82 Å². The molecule has 0 saturated carbocycles. The molecular formula is C15H14ClFN2O. The van der Waals surface area contributed by atoms with Gasteiger partial charge >= 0.3 is 0 Å². The average Bonchev–Trinajstić information content (AvgIpc) is 2.42. The molecule has 1 amide bonds. The van der Waals surface area contributed by atoms with E-state index < -0.39 is 0 Å². The molecule has 2 N–H and O–H groups in total. The highest BCUT2D eigenvalue weighted by molar-refractivity contribution is 6.33. The lowest BCUT2D eigenvalue weighted by Gasteiger charge is -2.09. The lowest BCUT2D eigenvalue weighted by Crippen LogP contribution is -2.21. The monoisotopic (exact) mass is 292 g/mol. The number of nitrogens with one attached hydrogen (secondary N) is 2. The van der Waals surface area contributed by atoms with E-state index in [1.54, 1.807) is 31.2 Å². The molecule has 0 radical (unpaired) electrons. The van der Waals surface area contributed by atoms with Crippen LogP contribution in [0.5, 0.6) is 0 Å². The zero-order chi connectivity index (χ0) is 14.5. The Balaban J connectivity index is 1.93. The Hall–Kier alpha value is -2.07. The van der Waals surface area contributed by atoms with E-state index in [2.05, 4.69) is 10.6 Å². The maximum atomic E-state index is 13.3. The van der Waals surface area contributed by atoms with E-state index in [4.69, 9.17) is 11.6 Å². The summed E-state index contributed by atoms with van der Waals surface area (Å²) in [5.41, 5.74) is 1.65. The summed E-state index contributed by atoms with van der Waals surface area (Å²) in [5, 5.41) is 6.08. The number of hydrogen-bond donors (Lipinski definition) is 2. The van der Waals surface area contributed by atoms with Crippen molar-refractivity contribution in [2.45, 2.75) is 6.92 Å². The topological polar surface area (TPSA) is 41.1 Å². The number of rotatable bonds is 4. The van der Waals surface area contributed by atoms with E-state index in [0.29, 0.717) is 22.0 Å². The summed E-state index contributed by atoms with van der Waals surface area (Å²) in [6.45, 7) is 1.72. The van der Waals surface area contributed by atoms with Gasteiger partial charge in [0.05, 0.1) is 17.3 Å². The Morgan fingerprint density at radius 2 is 2.00 bits per heavy atom. The van der Waals surface area contributed by atoms with Crippen molar-refractivity contribution in [1.82, 2.24) is 0 Å². The molecule has 5 heteroatoms. The molecule has 0 heterocycles. The van der Waals surface area contributed by atoms with E-state index in [1.165, 1.54) is 6.07 Å². The van der Waals surface area contributed by atoms with Gasteiger partial charge in [0.25, 0.3) is 0 Å². The number of benzene rings is 2. The molecule has 0 fully saturated rings. The SMILES string of the molecule is Cc1ccc(NC(=O)CNc2ccccc2Cl)cc1F. The van der Waals surface area contributed by atoms with Crippen molar-refractivity contribution >= 4 is 28.9 Å². The normalized spacial score (nSPS) is 10.2. The molecule has 0 aliphatic rings. The molecule has 0 aromatic heterocycles. The van der Waals surface area contributed by atoms with Crippen molar-refractivity contribution in [1.29, 1.82) is 0 Å². The molecule has 0 aliphatic carbocycles. The van der Waals surface area contributed by atoms with Crippen molar-refractivity contribution < 1.29 is 9.18 Å². The number of para-hydroxylation sites is 1. The third-order valence-electron chi connectivity index (χ3n) is 2.77. The molecule has 0 spiro atoms. The van der Waals surface area contributed by atoms with Crippen LogP contribution in [0.4, 0.5) is 15.8 Å². The molecule has 2 aromatic rings. The second kappa shape index (κ2) is 6.39. The summed E-state index contributed by atoms with van der Waals surface area (Å²) >= 11 is 5.96. The predicted molar refractivity (Wildman–Crippen MR) is 79.7 cm³/mol. The number of hydrogen-bond acceptors (Lipinski definition) is 2. The first-order valence-corrected chi connectivity index (χ1v) is 6.48. The Morgan fingerprint density at radius 1 is 1.25 bits per heavy atom. The first kappa shape index (κ1) is 14.3. The van der Waals surface area contributed by atoms with Gasteiger partial charge in [-0.25, -0.2) is 4.39 Å². The second-order valence-corrected chi connectivity index (χ2v) is 4.75. The third-order valence-corrected chi connectivity index (χ3v) is 3.10. The first-order chi connectivity index (χ1) is 9.56. The smallest absolute Gasteiger partial charge is 0.243 e. The molecule has 2 rings (SSSR count). The van der Waals surface area contributed by atoms with Crippen molar-refractivity contribution in [2.24, 2.45) is 0 Å². The highest BCUT2D eigenvalue weighted by Gasteiger charge is 2.05. The van der Waals surface area contributed by atoms with E-state index in [0.717, 1.165) is 0 Å². The van der Waals surface area contributed by atoms with E-state index in [1.807, 2.05) is 12.1 Å². The van der Waals surface area contributed by atoms with Gasteiger partial charge in [0.2, 0.25) is 5.91 Å². The van der Waals surface area contributed by atoms with Crippen LogP contribution in [0.1, 0.15) is 5.56 Å². The largest absolute Gasteiger partial charge is 0.375 e. The Kier molecular flexibility index (Phi) is 4.58. The average molecular weight is 293 g/mol. The molecule has 20 heavy (non-hydrogen) atoms. The Labute approximate surface area is 121 Å². The molecular weight excluding hydrogens is 279 g/mol. The summed E-state index contributed by atoms with van der Waals surface area (Å²) in [6, 6.07) is 11.7. The number of aryl methyl sites for hydroxylation is 1. The summed E-state index contributed by atoms with van der Waals surface area (Å²) in [7, 11) is 0. The summed E-state index contributed by atoms with van der Waals surface area (Å²) in [4.78, 5) is 11.8. The van der Waals surface area contributed by atoms with Crippen LogP contribution in [-0.2, 0) is 4.79 Å². The van der Waals surface area contributed by atoms with Gasteiger partial charge in [-0.1, -0.05) is 29.8 Å². The molecule has 0 saturated heterocycles. The van der Waals surface area contributed by atoms with Gasteiger partial charge in [-0.15, -0.1) is 0 Å². The number of carbonyl (C=O) groups is 1. The van der Waals surface area contributed by atoms with Crippen LogP contribution < -0.4 is 10.6 Å². The summed E-state index contributed by atoms with van der Waals surface area (Å²) in [5.74, 6) is -0.616. The summed E-state index contributed by atoms with van der Waals surface area (Å²) in [6.07, 6.45) is 0. The zero-order valence-corrected chi connectivity index (χ0v) is 11.7. The quantitative estimate of drug-likeness (QED) is 0.899. The van der Waals surface area contributed by atoms with Gasteiger partial charge in [-0.3, -0.25) is 4.79 Å². The Morgan fingerprint density at radius 3 is 2.70 bits per heavy atom. The molecule has 104 valence electrons. The molecule has 3 nitrogen and oxygen atoms in total. The zero-order valence-electron chi connectivity index (χ0n) is 10.9. The minimum absolute atomic E-state index is 0.0548. The predicted octanol–water partition coefficient (Wildman–Crippen LogP) is 3.84. The van der Waals surface area contributed by atoms with Crippen LogP contribution in [-0.4, -0.2) is 12.5 Å². The number of carbonyl (C=O) groups excluding carboxylic acids is 1. The van der Waals surface area contributed by atoms with Crippen LogP contribution >= 0.6 is 11.6 Å². The van der Waals surface area contributed by atoms with Crippen LogP contribution in [0, 0.1) is 12.7 Å². The van der Waals surface area contributed by atoms with Gasteiger partial charge in [-0.2, -0.15) is 0 Å². The van der Waals surface area contributed by atoms with Gasteiger partial charge in [0, 0.05) is 5.69 Å². The molecule has 0 unspecified atom stereocenters. The minimum Gasteiger partial charge on any atom is -0.375 e. The first-order valence-electron chi connectivity index (χ1n) is 6.10. The van der Waals surface area contributed by atoms with E-state index in [9.17, 15) is 9.18 Å². The number of anilines is 2. The van der Waals surface area contributed by atoms with Gasteiger partial charge in [0.15, 0.2) is 0 Å². The highest BCUT2D eigenvalue weighted by Crippen LogP contribution is 2.20. The molecule has 0 bridgehead atoms. The minimum atomic E-state index is -0.345. The van der Waals surface area contributed by atoms with Gasteiger partial charge < -0.3 is 10.6 Å². The van der Waals surface area contributed by atoms with Crippen LogP contribution in [0.2, 0.25) is 5.02 Å². The fraction of sp³-hybridized carbons (Fsp3) is 0.133. The van der Waals surface area contributed by atoms with Crippen LogP contribution in [0.15, 0.2) is 42.5 Å². The molecule has 0 atom stereocenters. The lowest BCUT2D eigenvalue weighted by molar-refractivity contribution is -0.114. The van der Waals surface area contributed by atoms with Crippen molar-refractivity contribution in [3.8, 4) is 0 Å². The molecule has 2 aromatic carbocycles. The maximum absolute atomic E-state index is 13.3. The maximum Gasteiger partial charge on any atom is 0.243 e. The Bertz CT molecular complexity index is 631. The third kappa shape index (κ3) is 3.71. The second-order valence-electron chi connectivity index (χ2n) is 4.35. The van der Waals surface area contributed by atoms with Crippen LogP contribution in [0.3, 0.4) is 0 Å². The standard InChI is InChI=1S/C15H14ClFN2O/c1-10-6-7-11(8-13(10)17)19-15(20)9-18-14-5-3-2-4-12(14)16/h2-8,18H,9H2,1H3,(H,19,20). The van der Waals surface area contributed by atoms with Crippen LogP contribution in [0.25, 0.3) is 0 Å². The lowest BCUT2D eigenvalue weighted by atomic mass is 10.2. The van der Waals surface area contributed by atoms with E-state index >= 15 is 0 Å². The van der Waals surface area contributed by atoms with Gasteiger partial charge in [-0.05, 0) is 36.8 Å². The van der Waals surface area contributed by atoms with Crippen molar-refractivity contribution in [3.05, 3.63) is 58.9 Å². The fourth-order valence-corrected chi connectivity index (χ4v) is 1.86. The fourth-order valence-electron chi connectivity index (χ4n) is 1.66.